The molecule has 22 heavy (non-hydrogen) atoms. The van der Waals surface area contributed by atoms with Crippen molar-refractivity contribution < 1.29 is 28.2 Å². The monoisotopic (exact) mass is 334 g/mol. The number of anilines is 1. The molecule has 2 amide bonds. The van der Waals surface area contributed by atoms with Gasteiger partial charge in [-0.2, -0.15) is 8.78 Å². The highest BCUT2D eigenvalue weighted by molar-refractivity contribution is 6.32. The molecule has 0 bridgehead atoms. The Morgan fingerprint density at radius 2 is 2.18 bits per heavy atom. The number of ether oxygens (including phenoxy) is 1. The van der Waals surface area contributed by atoms with Crippen LogP contribution in [-0.2, 0) is 4.79 Å². The maximum absolute atomic E-state index is 12.1. The van der Waals surface area contributed by atoms with Crippen molar-refractivity contribution in [1.82, 2.24) is 4.90 Å². The maximum atomic E-state index is 12.1. The Kier molecular flexibility index (Phi) is 5.02. The fourth-order valence-electron chi connectivity index (χ4n) is 2.12. The first-order chi connectivity index (χ1) is 10.4. The second-order valence-electron chi connectivity index (χ2n) is 4.72. The third kappa shape index (κ3) is 3.97. The number of amides is 2. The molecule has 1 fully saturated rings. The Hall–Kier alpha value is -2.09. The molecule has 0 aliphatic carbocycles. The number of likely N-dealkylation sites (tertiary alicyclic amines) is 1. The summed E-state index contributed by atoms with van der Waals surface area (Å²) in [7, 11) is 0. The molecule has 0 radical (unpaired) electrons. The quantitative estimate of drug-likeness (QED) is 0.887. The largest absolute Gasteiger partial charge is 0.481 e. The Bertz CT molecular complexity index is 585. The van der Waals surface area contributed by atoms with Crippen molar-refractivity contribution in [2.45, 2.75) is 13.0 Å². The number of halogens is 3. The number of hydrogen-bond donors (Lipinski definition) is 2. The van der Waals surface area contributed by atoms with E-state index in [1.807, 2.05) is 0 Å². The molecule has 2 N–H and O–H groups in total. The fourth-order valence-corrected chi connectivity index (χ4v) is 2.34. The first kappa shape index (κ1) is 16.3. The van der Waals surface area contributed by atoms with Gasteiger partial charge in [0.25, 0.3) is 0 Å². The van der Waals surface area contributed by atoms with Crippen LogP contribution in [0.25, 0.3) is 0 Å². The van der Waals surface area contributed by atoms with Gasteiger partial charge in [0.2, 0.25) is 0 Å². The summed E-state index contributed by atoms with van der Waals surface area (Å²) < 4.78 is 28.4. The van der Waals surface area contributed by atoms with Crippen molar-refractivity contribution in [2.24, 2.45) is 5.92 Å². The number of nitrogens with zero attached hydrogens (tertiary/aromatic N) is 1. The molecule has 1 atom stereocenters. The Balaban J connectivity index is 1.97. The number of carboxylic acids is 1. The molecule has 6 nitrogen and oxygen atoms in total. The van der Waals surface area contributed by atoms with Crippen LogP contribution < -0.4 is 10.1 Å². The van der Waals surface area contributed by atoms with Crippen molar-refractivity contribution in [3.05, 3.63) is 23.2 Å². The van der Waals surface area contributed by atoms with Crippen LogP contribution in [0.1, 0.15) is 6.42 Å². The number of carbonyl (C=O) groups is 2. The number of hydrogen-bond acceptors (Lipinski definition) is 3. The SMILES string of the molecule is O=C(O)C1CCN(C(=O)Nc2ccc(OC(F)F)c(Cl)c2)C1. The van der Waals surface area contributed by atoms with E-state index in [9.17, 15) is 18.4 Å². The van der Waals surface area contributed by atoms with Gasteiger partial charge in [0, 0.05) is 18.8 Å². The van der Waals surface area contributed by atoms with Crippen molar-refractivity contribution >= 4 is 29.3 Å². The summed E-state index contributed by atoms with van der Waals surface area (Å²) >= 11 is 5.78. The van der Waals surface area contributed by atoms with Crippen LogP contribution in [0.15, 0.2) is 18.2 Å². The summed E-state index contributed by atoms with van der Waals surface area (Å²) in [6.45, 7) is -2.53. The number of alkyl halides is 2. The second kappa shape index (κ2) is 6.78. The summed E-state index contributed by atoms with van der Waals surface area (Å²) in [6.07, 6.45) is 0.394. The predicted molar refractivity (Wildman–Crippen MR) is 74.4 cm³/mol. The number of urea groups is 1. The van der Waals surface area contributed by atoms with Crippen LogP contribution in [0.2, 0.25) is 5.02 Å². The highest BCUT2D eigenvalue weighted by Gasteiger charge is 2.30. The van der Waals surface area contributed by atoms with Gasteiger partial charge in [-0.15, -0.1) is 0 Å². The van der Waals surface area contributed by atoms with Crippen LogP contribution in [0.4, 0.5) is 19.3 Å². The Labute approximate surface area is 129 Å². The summed E-state index contributed by atoms with van der Waals surface area (Å²) in [6, 6.07) is 3.39. The van der Waals surface area contributed by atoms with Crippen molar-refractivity contribution in [2.75, 3.05) is 18.4 Å². The zero-order valence-corrected chi connectivity index (χ0v) is 12.0. The third-order valence-electron chi connectivity index (χ3n) is 3.22. The smallest absolute Gasteiger partial charge is 0.387 e. The molecule has 1 aliphatic heterocycles. The highest BCUT2D eigenvalue weighted by atomic mass is 35.5. The number of nitrogens with one attached hydrogen (secondary N) is 1. The zero-order valence-electron chi connectivity index (χ0n) is 11.3. The van der Waals surface area contributed by atoms with Gasteiger partial charge in [0.05, 0.1) is 10.9 Å². The summed E-state index contributed by atoms with van der Waals surface area (Å²) in [4.78, 5) is 24.2. The number of aliphatic carboxylic acids is 1. The lowest BCUT2D eigenvalue weighted by Gasteiger charge is -2.17. The van der Waals surface area contributed by atoms with Crippen molar-refractivity contribution in [3.8, 4) is 5.75 Å². The van der Waals surface area contributed by atoms with Gasteiger partial charge in [-0.05, 0) is 24.6 Å². The molecule has 0 aromatic heterocycles. The van der Waals surface area contributed by atoms with E-state index in [4.69, 9.17) is 16.7 Å². The van der Waals surface area contributed by atoms with Gasteiger partial charge in [-0.1, -0.05) is 11.6 Å². The molecule has 0 saturated carbocycles. The van der Waals surface area contributed by atoms with E-state index in [2.05, 4.69) is 10.1 Å². The molecular formula is C13H13ClF2N2O4. The first-order valence-electron chi connectivity index (χ1n) is 6.40. The third-order valence-corrected chi connectivity index (χ3v) is 3.52. The maximum Gasteiger partial charge on any atom is 0.387 e. The number of rotatable bonds is 4. The van der Waals surface area contributed by atoms with Crippen molar-refractivity contribution in [1.29, 1.82) is 0 Å². The van der Waals surface area contributed by atoms with Gasteiger partial charge in [0.15, 0.2) is 0 Å². The number of carbonyl (C=O) groups excluding carboxylic acids is 1. The minimum absolute atomic E-state index is 0.0667. The number of carboxylic acid groups (broad SMARTS) is 1. The van der Waals surface area contributed by atoms with E-state index in [1.54, 1.807) is 0 Å². The molecule has 1 heterocycles. The molecule has 2 rings (SSSR count). The summed E-state index contributed by atoms with van der Waals surface area (Å²) in [5.41, 5.74) is 0.301. The van der Waals surface area contributed by atoms with E-state index in [1.165, 1.54) is 23.1 Å². The van der Waals surface area contributed by atoms with Gasteiger partial charge < -0.3 is 20.1 Å². The van der Waals surface area contributed by atoms with E-state index in [-0.39, 0.29) is 17.3 Å². The lowest BCUT2D eigenvalue weighted by Crippen LogP contribution is -2.33. The van der Waals surface area contributed by atoms with Crippen LogP contribution in [-0.4, -0.2) is 41.7 Å². The van der Waals surface area contributed by atoms with Crippen molar-refractivity contribution in [3.63, 3.8) is 0 Å². The molecule has 1 aliphatic rings. The molecule has 1 aromatic rings. The van der Waals surface area contributed by atoms with Crippen LogP contribution in [0.3, 0.4) is 0 Å². The topological polar surface area (TPSA) is 78.9 Å². The van der Waals surface area contributed by atoms with E-state index in [0.29, 0.717) is 18.7 Å². The minimum Gasteiger partial charge on any atom is -0.481 e. The van der Waals surface area contributed by atoms with Gasteiger partial charge in [0.1, 0.15) is 5.75 Å². The van der Waals surface area contributed by atoms with E-state index >= 15 is 0 Å². The van der Waals surface area contributed by atoms with Crippen LogP contribution in [0, 0.1) is 5.92 Å². The van der Waals surface area contributed by atoms with Gasteiger partial charge in [-0.3, -0.25) is 4.79 Å². The summed E-state index contributed by atoms with van der Waals surface area (Å²) in [5, 5.41) is 11.4. The molecule has 1 saturated heterocycles. The lowest BCUT2D eigenvalue weighted by atomic mass is 10.1. The standard InChI is InChI=1S/C13H13ClF2N2O4/c14-9-5-8(1-2-10(9)22-12(15)16)17-13(21)18-4-3-7(6-18)11(19)20/h1-2,5,7,12H,3-4,6H2,(H,17,21)(H,19,20). The van der Waals surface area contributed by atoms with Crippen LogP contribution >= 0.6 is 11.6 Å². The molecule has 1 aromatic carbocycles. The second-order valence-corrected chi connectivity index (χ2v) is 5.13. The first-order valence-corrected chi connectivity index (χ1v) is 6.77. The Morgan fingerprint density at radius 3 is 2.73 bits per heavy atom. The average molecular weight is 335 g/mol. The fraction of sp³-hybridized carbons (Fsp3) is 0.385. The highest BCUT2D eigenvalue weighted by Crippen LogP contribution is 2.29. The van der Waals surface area contributed by atoms with E-state index < -0.39 is 24.5 Å². The normalized spacial score (nSPS) is 17.6. The molecular weight excluding hydrogens is 322 g/mol. The van der Waals surface area contributed by atoms with Gasteiger partial charge >= 0.3 is 18.6 Å². The average Bonchev–Trinajstić information content (AvgIpc) is 2.91. The van der Waals surface area contributed by atoms with Gasteiger partial charge in [-0.25, -0.2) is 4.79 Å². The number of benzene rings is 1. The predicted octanol–water partition coefficient (Wildman–Crippen LogP) is 2.88. The minimum atomic E-state index is -2.99. The molecule has 9 heteroatoms. The lowest BCUT2D eigenvalue weighted by molar-refractivity contribution is -0.141. The Morgan fingerprint density at radius 1 is 1.45 bits per heavy atom. The molecule has 1 unspecified atom stereocenters. The molecule has 0 spiro atoms. The summed E-state index contributed by atoms with van der Waals surface area (Å²) in [5.74, 6) is -1.70. The van der Waals surface area contributed by atoms with Crippen LogP contribution in [0.5, 0.6) is 5.75 Å². The zero-order chi connectivity index (χ0) is 16.3. The van der Waals surface area contributed by atoms with E-state index in [0.717, 1.165) is 0 Å². The molecule has 120 valence electrons.